The first-order chi connectivity index (χ1) is 11.1. The number of alkyl halides is 3. The second kappa shape index (κ2) is 7.08. The summed E-state index contributed by atoms with van der Waals surface area (Å²) in [6.07, 6.45) is -1.81. The highest BCUT2D eigenvalue weighted by Gasteiger charge is 2.36. The van der Waals surface area contributed by atoms with E-state index in [1.54, 1.807) is 0 Å². The van der Waals surface area contributed by atoms with E-state index in [9.17, 15) is 26.4 Å². The first kappa shape index (κ1) is 18.7. The summed E-state index contributed by atoms with van der Waals surface area (Å²) in [4.78, 5) is 17.4. The van der Waals surface area contributed by atoms with Gasteiger partial charge in [0.15, 0.2) is 9.84 Å². The van der Waals surface area contributed by atoms with Crippen molar-refractivity contribution >= 4 is 15.7 Å². The summed E-state index contributed by atoms with van der Waals surface area (Å²) in [6, 6.07) is 1.41. The van der Waals surface area contributed by atoms with Gasteiger partial charge in [0.1, 0.15) is 5.69 Å². The molecule has 9 heteroatoms. The van der Waals surface area contributed by atoms with Crippen LogP contribution in [-0.2, 0) is 16.0 Å². The van der Waals surface area contributed by atoms with E-state index in [2.05, 4.69) is 4.98 Å². The summed E-state index contributed by atoms with van der Waals surface area (Å²) in [5, 5.41) is 0. The molecule has 1 aliphatic heterocycles. The Morgan fingerprint density at radius 1 is 1.38 bits per heavy atom. The number of sulfone groups is 1. The van der Waals surface area contributed by atoms with Crippen LogP contribution >= 0.6 is 0 Å². The lowest BCUT2D eigenvalue weighted by Gasteiger charge is -2.28. The average molecular weight is 364 g/mol. The maximum absolute atomic E-state index is 12.6. The van der Waals surface area contributed by atoms with Gasteiger partial charge in [-0.15, -0.1) is 0 Å². The average Bonchev–Trinajstić information content (AvgIpc) is 2.86. The molecule has 0 aromatic carbocycles. The molecule has 1 saturated heterocycles. The quantitative estimate of drug-likeness (QED) is 0.805. The number of carbonyl (C=O) groups is 1. The minimum atomic E-state index is -4.57. The summed E-state index contributed by atoms with van der Waals surface area (Å²) in [5.41, 5.74) is -1.04. The number of nitrogens with zero attached hydrogens (tertiary/aromatic N) is 2. The summed E-state index contributed by atoms with van der Waals surface area (Å²) in [6.45, 7) is 2.31. The van der Waals surface area contributed by atoms with Crippen LogP contribution in [0.2, 0.25) is 0 Å². The van der Waals surface area contributed by atoms with Gasteiger partial charge in [-0.25, -0.2) is 8.42 Å². The van der Waals surface area contributed by atoms with Crippen molar-refractivity contribution in [2.45, 2.75) is 38.4 Å². The number of unbranched alkanes of at least 4 members (excludes halogenated alkanes) is 1. The second-order valence-electron chi connectivity index (χ2n) is 5.84. The monoisotopic (exact) mass is 364 g/mol. The Morgan fingerprint density at radius 2 is 2.08 bits per heavy atom. The number of pyridine rings is 1. The molecule has 1 fully saturated rings. The van der Waals surface area contributed by atoms with Gasteiger partial charge < -0.3 is 4.90 Å². The second-order valence-corrected chi connectivity index (χ2v) is 8.07. The van der Waals surface area contributed by atoms with E-state index in [-0.39, 0.29) is 17.1 Å². The number of hydrogen-bond donors (Lipinski definition) is 0. The van der Waals surface area contributed by atoms with E-state index in [1.807, 2.05) is 6.92 Å². The fourth-order valence-electron chi connectivity index (χ4n) is 2.65. The van der Waals surface area contributed by atoms with Crippen LogP contribution in [0.3, 0.4) is 0 Å². The van der Waals surface area contributed by atoms with Gasteiger partial charge in [0.05, 0.1) is 17.1 Å². The van der Waals surface area contributed by atoms with E-state index in [1.165, 1.54) is 4.90 Å². The molecule has 1 aromatic heterocycles. The fourth-order valence-corrected chi connectivity index (χ4v) is 4.38. The van der Waals surface area contributed by atoms with Crippen molar-refractivity contribution < 1.29 is 26.4 Å². The molecule has 1 aliphatic rings. The van der Waals surface area contributed by atoms with E-state index < -0.39 is 33.7 Å². The first-order valence-electron chi connectivity index (χ1n) is 7.68. The van der Waals surface area contributed by atoms with E-state index in [4.69, 9.17) is 0 Å². The predicted molar refractivity (Wildman–Crippen MR) is 82.2 cm³/mol. The maximum Gasteiger partial charge on any atom is 0.433 e. The molecule has 0 spiro atoms. The first-order valence-corrected chi connectivity index (χ1v) is 9.51. The normalized spacial score (nSPS) is 20.1. The van der Waals surface area contributed by atoms with Gasteiger partial charge >= 0.3 is 6.18 Å². The van der Waals surface area contributed by atoms with E-state index in [0.29, 0.717) is 19.4 Å². The SMILES string of the molecule is CCCCN(C(=O)c1ccc(C(F)(F)F)nc1)C1CCS(=O)(=O)C1. The van der Waals surface area contributed by atoms with Crippen LogP contribution in [0.4, 0.5) is 13.2 Å². The standard InChI is InChI=1S/C15H19F3N2O3S/c1-2-3-7-20(12-6-8-24(22,23)10-12)14(21)11-4-5-13(19-9-11)15(16,17)18/h4-5,9,12H,2-3,6-8,10H2,1H3. The molecule has 0 bridgehead atoms. The molecule has 0 saturated carbocycles. The van der Waals surface area contributed by atoms with Gasteiger partial charge in [-0.3, -0.25) is 9.78 Å². The molecular formula is C15H19F3N2O3S. The molecule has 2 heterocycles. The minimum Gasteiger partial charge on any atom is -0.335 e. The van der Waals surface area contributed by atoms with Gasteiger partial charge in [0, 0.05) is 18.8 Å². The Labute approximate surface area is 138 Å². The number of rotatable bonds is 5. The number of aromatic nitrogens is 1. The van der Waals surface area contributed by atoms with Crippen LogP contribution in [0.25, 0.3) is 0 Å². The predicted octanol–water partition coefficient (Wildman–Crippen LogP) is 2.53. The van der Waals surface area contributed by atoms with E-state index in [0.717, 1.165) is 24.8 Å². The fraction of sp³-hybridized carbons (Fsp3) is 0.600. The highest BCUT2D eigenvalue weighted by molar-refractivity contribution is 7.91. The largest absolute Gasteiger partial charge is 0.433 e. The van der Waals surface area contributed by atoms with Gasteiger partial charge in [-0.1, -0.05) is 13.3 Å². The maximum atomic E-state index is 12.6. The number of hydrogen-bond acceptors (Lipinski definition) is 4. The molecule has 0 N–H and O–H groups in total. The molecule has 1 aromatic rings. The summed E-state index contributed by atoms with van der Waals surface area (Å²) in [7, 11) is -3.17. The molecule has 1 unspecified atom stereocenters. The highest BCUT2D eigenvalue weighted by atomic mass is 32.2. The number of carbonyl (C=O) groups excluding carboxylic acids is 1. The third-order valence-corrected chi connectivity index (χ3v) is 5.71. The van der Waals surface area contributed by atoms with Crippen LogP contribution in [0.1, 0.15) is 42.2 Å². The van der Waals surface area contributed by atoms with Crippen molar-refractivity contribution in [3.63, 3.8) is 0 Å². The molecule has 1 amide bonds. The van der Waals surface area contributed by atoms with Crippen LogP contribution in [0, 0.1) is 0 Å². The van der Waals surface area contributed by atoms with E-state index >= 15 is 0 Å². The Kier molecular flexibility index (Phi) is 5.52. The van der Waals surface area contributed by atoms with Crippen LogP contribution in [-0.4, -0.2) is 48.3 Å². The minimum absolute atomic E-state index is 0.0266. The molecule has 134 valence electrons. The van der Waals surface area contributed by atoms with Crippen LogP contribution in [0.15, 0.2) is 18.3 Å². The summed E-state index contributed by atoms with van der Waals surface area (Å²) >= 11 is 0. The smallest absolute Gasteiger partial charge is 0.335 e. The Bertz CT molecular complexity index is 687. The van der Waals surface area contributed by atoms with Crippen LogP contribution < -0.4 is 0 Å². The molecule has 24 heavy (non-hydrogen) atoms. The van der Waals surface area contributed by atoms with Crippen molar-refractivity contribution in [1.29, 1.82) is 0 Å². The van der Waals surface area contributed by atoms with Crippen molar-refractivity contribution in [1.82, 2.24) is 9.88 Å². The molecule has 0 radical (unpaired) electrons. The molecule has 2 rings (SSSR count). The Morgan fingerprint density at radius 3 is 2.54 bits per heavy atom. The van der Waals surface area contributed by atoms with Crippen molar-refractivity contribution in [3.8, 4) is 0 Å². The van der Waals surface area contributed by atoms with Gasteiger partial charge in [0.2, 0.25) is 0 Å². The zero-order valence-electron chi connectivity index (χ0n) is 13.2. The molecule has 1 atom stereocenters. The summed E-state index contributed by atoms with van der Waals surface area (Å²) in [5.74, 6) is -0.554. The van der Waals surface area contributed by atoms with Crippen molar-refractivity contribution in [2.75, 3.05) is 18.1 Å². The van der Waals surface area contributed by atoms with Gasteiger partial charge in [-0.2, -0.15) is 13.2 Å². The lowest BCUT2D eigenvalue weighted by atomic mass is 10.1. The molecule has 0 aliphatic carbocycles. The third kappa shape index (κ3) is 4.46. The molecular weight excluding hydrogens is 345 g/mol. The zero-order chi connectivity index (χ0) is 18.0. The van der Waals surface area contributed by atoms with Gasteiger partial charge in [-0.05, 0) is 25.0 Å². The van der Waals surface area contributed by atoms with Crippen LogP contribution in [0.5, 0.6) is 0 Å². The van der Waals surface area contributed by atoms with Crippen molar-refractivity contribution in [3.05, 3.63) is 29.6 Å². The van der Waals surface area contributed by atoms with Crippen molar-refractivity contribution in [2.24, 2.45) is 0 Å². The summed E-state index contributed by atoms with van der Waals surface area (Å²) < 4.78 is 61.0. The lowest BCUT2D eigenvalue weighted by Crippen LogP contribution is -2.41. The number of halogens is 3. The van der Waals surface area contributed by atoms with Gasteiger partial charge in [0.25, 0.3) is 5.91 Å². The zero-order valence-corrected chi connectivity index (χ0v) is 14.0. The topological polar surface area (TPSA) is 67.3 Å². The number of amides is 1. The Hall–Kier alpha value is -1.64. The molecule has 5 nitrogen and oxygen atoms in total. The lowest BCUT2D eigenvalue weighted by molar-refractivity contribution is -0.141. The highest BCUT2D eigenvalue weighted by Crippen LogP contribution is 2.27. The third-order valence-electron chi connectivity index (χ3n) is 3.96. The Balaban J connectivity index is 2.21.